The number of aldehydes is 1. The summed E-state index contributed by atoms with van der Waals surface area (Å²) in [7, 11) is 3.34. The number of benzene rings is 2. The van der Waals surface area contributed by atoms with Crippen molar-refractivity contribution in [2.24, 2.45) is 0 Å². The Morgan fingerprint density at radius 2 is 1.65 bits per heavy atom. The number of carbonyl (C=O) groups excluding carboxylic acids is 1. The summed E-state index contributed by atoms with van der Waals surface area (Å²) in [6.07, 6.45) is 1.51. The van der Waals surface area contributed by atoms with E-state index in [1.807, 2.05) is 43.3 Å². The van der Waals surface area contributed by atoms with Crippen LogP contribution in [-0.4, -0.2) is 20.5 Å². The van der Waals surface area contributed by atoms with Gasteiger partial charge in [-0.1, -0.05) is 37.3 Å². The molecule has 3 heteroatoms. The first kappa shape index (κ1) is 15.8. The number of hydrogen-bond donors (Lipinski definition) is 0. The molecule has 2 aromatic rings. The van der Waals surface area contributed by atoms with E-state index in [9.17, 15) is 4.79 Å². The van der Waals surface area contributed by atoms with Crippen molar-refractivity contribution in [2.75, 3.05) is 14.2 Å². The van der Waals surface area contributed by atoms with Crippen LogP contribution >= 0.6 is 0 Å². The van der Waals surface area contributed by atoms with E-state index in [2.05, 4.69) is 12.1 Å². The van der Waals surface area contributed by atoms with Crippen molar-refractivity contribution < 1.29 is 14.3 Å². The topological polar surface area (TPSA) is 35.5 Å². The summed E-state index contributed by atoms with van der Waals surface area (Å²) in [4.78, 5) is 9.17. The molecule has 0 saturated carbocycles. The van der Waals surface area contributed by atoms with Gasteiger partial charge in [0.1, 0.15) is 17.8 Å². The molecule has 0 bridgehead atoms. The van der Waals surface area contributed by atoms with Gasteiger partial charge in [0.05, 0.1) is 14.2 Å². The predicted molar refractivity (Wildman–Crippen MR) is 81.3 cm³/mol. The maximum absolute atomic E-state index is 9.17. The molecular weight excluding hydrogens is 252 g/mol. The third-order valence-electron chi connectivity index (χ3n) is 2.66. The second-order valence-corrected chi connectivity index (χ2v) is 4.01. The third kappa shape index (κ3) is 4.43. The molecule has 0 aromatic heterocycles. The molecule has 106 valence electrons. The van der Waals surface area contributed by atoms with Crippen molar-refractivity contribution in [1.82, 2.24) is 0 Å². The third-order valence-corrected chi connectivity index (χ3v) is 2.66. The van der Waals surface area contributed by atoms with E-state index >= 15 is 0 Å². The van der Waals surface area contributed by atoms with E-state index in [-0.39, 0.29) is 0 Å². The molecule has 2 aromatic carbocycles. The van der Waals surface area contributed by atoms with Gasteiger partial charge in [-0.05, 0) is 23.8 Å². The van der Waals surface area contributed by atoms with E-state index < -0.39 is 0 Å². The highest BCUT2D eigenvalue weighted by molar-refractivity contribution is 5.71. The fraction of sp³-hybridized carbons (Fsp3) is 0.235. The maximum atomic E-state index is 9.17. The van der Waals surface area contributed by atoms with Gasteiger partial charge in [-0.25, -0.2) is 0 Å². The lowest BCUT2D eigenvalue weighted by Crippen LogP contribution is -1.89. The fourth-order valence-corrected chi connectivity index (χ4v) is 1.66. The van der Waals surface area contributed by atoms with Gasteiger partial charge in [0.15, 0.2) is 0 Å². The van der Waals surface area contributed by atoms with Gasteiger partial charge in [-0.15, -0.1) is 0 Å². The highest BCUT2D eigenvalue weighted by Gasteiger charge is 2.06. The van der Waals surface area contributed by atoms with Crippen molar-refractivity contribution >= 4 is 6.29 Å². The van der Waals surface area contributed by atoms with Crippen LogP contribution in [0.1, 0.15) is 13.3 Å². The van der Waals surface area contributed by atoms with E-state index in [1.54, 1.807) is 14.2 Å². The molecule has 0 amide bonds. The Morgan fingerprint density at radius 1 is 1.00 bits per heavy atom. The van der Waals surface area contributed by atoms with Gasteiger partial charge >= 0.3 is 0 Å². The summed E-state index contributed by atoms with van der Waals surface area (Å²) in [5.74, 6) is 1.69. The van der Waals surface area contributed by atoms with Crippen molar-refractivity contribution in [1.29, 1.82) is 0 Å². The first-order valence-corrected chi connectivity index (χ1v) is 6.47. The molecule has 0 atom stereocenters. The first-order chi connectivity index (χ1) is 9.76. The normalized spacial score (nSPS) is 9.15. The highest BCUT2D eigenvalue weighted by atomic mass is 16.5. The van der Waals surface area contributed by atoms with Crippen LogP contribution < -0.4 is 9.47 Å². The molecule has 0 saturated heterocycles. The smallest absolute Gasteiger partial charge is 0.126 e. The Kier molecular flexibility index (Phi) is 6.90. The molecule has 20 heavy (non-hydrogen) atoms. The van der Waals surface area contributed by atoms with E-state index in [4.69, 9.17) is 9.47 Å². The SMILES string of the molecule is CCC=O.COc1ccc(OC)c(-c2ccccc2)c1. The highest BCUT2D eigenvalue weighted by Crippen LogP contribution is 2.32. The van der Waals surface area contributed by atoms with E-state index in [1.165, 1.54) is 0 Å². The average molecular weight is 272 g/mol. The standard InChI is InChI=1S/C14H14O2.C3H6O/c1-15-12-8-9-14(16-2)13(10-12)11-6-4-3-5-7-11;1-2-3-4/h3-10H,1-2H3;3H,2H2,1H3. The summed E-state index contributed by atoms with van der Waals surface area (Å²) >= 11 is 0. The van der Waals surface area contributed by atoms with Crippen LogP contribution in [0.25, 0.3) is 11.1 Å². The summed E-state index contributed by atoms with van der Waals surface area (Å²) < 4.78 is 10.6. The molecule has 0 heterocycles. The van der Waals surface area contributed by atoms with Gasteiger partial charge < -0.3 is 14.3 Å². The minimum atomic E-state index is 0.639. The van der Waals surface area contributed by atoms with Gasteiger partial charge in [-0.2, -0.15) is 0 Å². The number of rotatable bonds is 4. The lowest BCUT2D eigenvalue weighted by atomic mass is 10.0. The largest absolute Gasteiger partial charge is 0.497 e. The molecule has 0 aliphatic heterocycles. The Bertz CT molecular complexity index is 521. The second-order valence-electron chi connectivity index (χ2n) is 4.01. The van der Waals surface area contributed by atoms with E-state index in [0.717, 1.165) is 28.9 Å². The van der Waals surface area contributed by atoms with Crippen molar-refractivity contribution in [2.45, 2.75) is 13.3 Å². The average Bonchev–Trinajstić information content (AvgIpc) is 2.55. The number of hydrogen-bond acceptors (Lipinski definition) is 3. The minimum Gasteiger partial charge on any atom is -0.497 e. The van der Waals surface area contributed by atoms with Gasteiger partial charge in [0.25, 0.3) is 0 Å². The maximum Gasteiger partial charge on any atom is 0.126 e. The van der Waals surface area contributed by atoms with Crippen LogP contribution in [0, 0.1) is 0 Å². The Hall–Kier alpha value is -2.29. The second kappa shape index (κ2) is 8.75. The molecular formula is C17H20O3. The quantitative estimate of drug-likeness (QED) is 0.790. The molecule has 0 aliphatic carbocycles. The van der Waals surface area contributed by atoms with Crippen molar-refractivity contribution in [3.63, 3.8) is 0 Å². The summed E-state index contributed by atoms with van der Waals surface area (Å²) in [6.45, 7) is 1.81. The number of methoxy groups -OCH3 is 2. The van der Waals surface area contributed by atoms with Crippen LogP contribution in [0.3, 0.4) is 0 Å². The Labute approximate surface area is 120 Å². The number of ether oxygens (including phenoxy) is 2. The Morgan fingerprint density at radius 3 is 2.15 bits per heavy atom. The molecule has 3 nitrogen and oxygen atoms in total. The van der Waals surface area contributed by atoms with Gasteiger partial charge in [0, 0.05) is 12.0 Å². The monoisotopic (exact) mass is 272 g/mol. The van der Waals surface area contributed by atoms with Crippen LogP contribution in [0.5, 0.6) is 11.5 Å². The zero-order chi connectivity index (χ0) is 14.8. The van der Waals surface area contributed by atoms with Crippen LogP contribution in [0.4, 0.5) is 0 Å². The van der Waals surface area contributed by atoms with Gasteiger partial charge in [0.2, 0.25) is 0 Å². The predicted octanol–water partition coefficient (Wildman–Crippen LogP) is 3.97. The summed E-state index contributed by atoms with van der Waals surface area (Å²) in [6, 6.07) is 15.9. The Balaban J connectivity index is 0.000000444. The minimum absolute atomic E-state index is 0.639. The molecule has 0 radical (unpaired) electrons. The summed E-state index contributed by atoms with van der Waals surface area (Å²) in [5.41, 5.74) is 2.17. The van der Waals surface area contributed by atoms with Crippen molar-refractivity contribution in [3.05, 3.63) is 48.5 Å². The lowest BCUT2D eigenvalue weighted by Gasteiger charge is -2.10. The molecule has 2 rings (SSSR count). The molecule has 0 N–H and O–H groups in total. The number of carbonyl (C=O) groups is 1. The lowest BCUT2D eigenvalue weighted by molar-refractivity contribution is -0.107. The van der Waals surface area contributed by atoms with Crippen LogP contribution in [0.2, 0.25) is 0 Å². The van der Waals surface area contributed by atoms with Crippen molar-refractivity contribution in [3.8, 4) is 22.6 Å². The molecule has 0 spiro atoms. The molecule has 0 unspecified atom stereocenters. The van der Waals surface area contributed by atoms with E-state index in [0.29, 0.717) is 6.42 Å². The van der Waals surface area contributed by atoms with Crippen LogP contribution in [-0.2, 0) is 4.79 Å². The zero-order valence-electron chi connectivity index (χ0n) is 12.1. The fourth-order valence-electron chi connectivity index (χ4n) is 1.66. The first-order valence-electron chi connectivity index (χ1n) is 6.47. The van der Waals surface area contributed by atoms with Gasteiger partial charge in [-0.3, -0.25) is 0 Å². The summed E-state index contributed by atoms with van der Waals surface area (Å²) in [5, 5.41) is 0. The zero-order valence-corrected chi connectivity index (χ0v) is 12.1. The van der Waals surface area contributed by atoms with Crippen LogP contribution in [0.15, 0.2) is 48.5 Å². The molecule has 0 aliphatic rings. The molecule has 0 fully saturated rings.